The van der Waals surface area contributed by atoms with Crippen molar-refractivity contribution in [1.82, 2.24) is 0 Å². The lowest BCUT2D eigenvalue weighted by Crippen LogP contribution is -2.04. The van der Waals surface area contributed by atoms with E-state index in [2.05, 4.69) is 4.74 Å². The number of carboxylic acid groups (broad SMARTS) is 1. The number of alkyl halides is 2. The van der Waals surface area contributed by atoms with Crippen LogP contribution in [-0.4, -0.2) is 30.6 Å². The van der Waals surface area contributed by atoms with Crippen molar-refractivity contribution in [3.8, 4) is 11.5 Å². The van der Waals surface area contributed by atoms with E-state index in [0.29, 0.717) is 5.56 Å². The normalized spacial score (nSPS) is 11.1. The molecule has 1 aromatic carbocycles. The second-order valence-corrected chi connectivity index (χ2v) is 6.07. The first-order valence-corrected chi connectivity index (χ1v) is 7.89. The number of carboxylic acids is 1. The van der Waals surface area contributed by atoms with Crippen LogP contribution >= 0.6 is 22.9 Å². The van der Waals surface area contributed by atoms with Crippen LogP contribution in [-0.2, 0) is 0 Å². The van der Waals surface area contributed by atoms with Crippen LogP contribution in [0.5, 0.6) is 11.5 Å². The molecule has 0 unspecified atom stereocenters. The monoisotopic (exact) mass is 388 g/mol. The van der Waals surface area contributed by atoms with Crippen LogP contribution in [0.3, 0.4) is 0 Å². The Hall–Kier alpha value is -2.45. The summed E-state index contributed by atoms with van der Waals surface area (Å²) in [6.45, 7) is -3.06. The fourth-order valence-electron chi connectivity index (χ4n) is 1.88. The lowest BCUT2D eigenvalue weighted by molar-refractivity contribution is -0.0511. The van der Waals surface area contributed by atoms with Gasteiger partial charge < -0.3 is 14.6 Å². The Kier molecular flexibility index (Phi) is 6.11. The summed E-state index contributed by atoms with van der Waals surface area (Å²) in [6, 6.07) is 5.46. The fraction of sp³-hybridized carbons (Fsp3) is 0.125. The summed E-state index contributed by atoms with van der Waals surface area (Å²) in [6.07, 6.45) is 2.62. The van der Waals surface area contributed by atoms with Gasteiger partial charge in [-0.1, -0.05) is 17.7 Å². The quantitative estimate of drug-likeness (QED) is 0.554. The van der Waals surface area contributed by atoms with Crippen molar-refractivity contribution in [2.45, 2.75) is 6.61 Å². The van der Waals surface area contributed by atoms with Gasteiger partial charge in [-0.2, -0.15) is 8.78 Å². The van der Waals surface area contributed by atoms with Gasteiger partial charge in [0.25, 0.3) is 0 Å². The van der Waals surface area contributed by atoms with Crippen molar-refractivity contribution < 1.29 is 33.0 Å². The van der Waals surface area contributed by atoms with Gasteiger partial charge in [-0.05, 0) is 35.9 Å². The predicted molar refractivity (Wildman–Crippen MR) is 89.3 cm³/mol. The maximum absolute atomic E-state index is 12.4. The van der Waals surface area contributed by atoms with E-state index in [9.17, 15) is 18.4 Å². The van der Waals surface area contributed by atoms with E-state index < -0.39 is 18.4 Å². The minimum atomic E-state index is -3.06. The van der Waals surface area contributed by atoms with Gasteiger partial charge in [0.15, 0.2) is 17.3 Å². The van der Waals surface area contributed by atoms with Gasteiger partial charge in [0.05, 0.1) is 17.0 Å². The van der Waals surface area contributed by atoms with Gasteiger partial charge in [0, 0.05) is 0 Å². The SMILES string of the molecule is COc1cc(/C=C/C(=O)c2ccc(C(=O)O)s2)cc(Cl)c1OC(F)F. The van der Waals surface area contributed by atoms with Crippen LogP contribution in [0.25, 0.3) is 6.08 Å². The van der Waals surface area contributed by atoms with E-state index in [1.54, 1.807) is 0 Å². The summed E-state index contributed by atoms with van der Waals surface area (Å²) in [7, 11) is 1.27. The molecule has 2 aromatic rings. The smallest absolute Gasteiger partial charge is 0.387 e. The molecule has 9 heteroatoms. The Bertz CT molecular complexity index is 832. The molecule has 25 heavy (non-hydrogen) atoms. The number of carbonyl (C=O) groups excluding carboxylic acids is 1. The number of hydrogen-bond donors (Lipinski definition) is 1. The summed E-state index contributed by atoms with van der Waals surface area (Å²) in [5, 5.41) is 8.75. The number of methoxy groups -OCH3 is 1. The van der Waals surface area contributed by atoms with Crippen LogP contribution in [0.4, 0.5) is 8.78 Å². The highest BCUT2D eigenvalue weighted by Gasteiger charge is 2.16. The maximum atomic E-state index is 12.4. The molecule has 0 aliphatic heterocycles. The number of ether oxygens (including phenoxy) is 2. The summed E-state index contributed by atoms with van der Waals surface area (Å²) < 4.78 is 34.0. The molecule has 0 spiro atoms. The first kappa shape index (κ1) is 18.9. The van der Waals surface area contributed by atoms with E-state index in [1.807, 2.05) is 0 Å². The van der Waals surface area contributed by atoms with E-state index in [1.165, 1.54) is 43.5 Å². The molecule has 2 rings (SSSR count). The third-order valence-electron chi connectivity index (χ3n) is 2.95. The minimum absolute atomic E-state index is 0.0100. The summed E-state index contributed by atoms with van der Waals surface area (Å²) in [5.74, 6) is -1.82. The maximum Gasteiger partial charge on any atom is 0.387 e. The fourth-order valence-corrected chi connectivity index (χ4v) is 2.91. The Morgan fingerprint density at radius 3 is 2.52 bits per heavy atom. The van der Waals surface area contributed by atoms with Gasteiger partial charge in [-0.3, -0.25) is 4.79 Å². The lowest BCUT2D eigenvalue weighted by Gasteiger charge is -2.12. The van der Waals surface area contributed by atoms with Gasteiger partial charge in [0.2, 0.25) is 0 Å². The number of rotatable bonds is 7. The summed E-state index contributed by atoms with van der Waals surface area (Å²) in [4.78, 5) is 23.2. The van der Waals surface area contributed by atoms with Crippen molar-refractivity contribution >= 4 is 40.8 Å². The number of allylic oxidation sites excluding steroid dienone is 1. The number of carbonyl (C=O) groups is 2. The number of ketones is 1. The number of benzene rings is 1. The average Bonchev–Trinajstić information content (AvgIpc) is 3.04. The second-order valence-electron chi connectivity index (χ2n) is 4.58. The highest BCUT2D eigenvalue weighted by molar-refractivity contribution is 7.16. The van der Waals surface area contributed by atoms with Crippen molar-refractivity contribution in [1.29, 1.82) is 0 Å². The minimum Gasteiger partial charge on any atom is -0.493 e. The topological polar surface area (TPSA) is 72.8 Å². The Morgan fingerprint density at radius 2 is 1.96 bits per heavy atom. The van der Waals surface area contributed by atoms with Crippen molar-refractivity contribution in [2.75, 3.05) is 7.11 Å². The highest BCUT2D eigenvalue weighted by atomic mass is 35.5. The van der Waals surface area contributed by atoms with Gasteiger partial charge in [0.1, 0.15) is 4.88 Å². The molecule has 0 radical (unpaired) electrons. The molecule has 0 fully saturated rings. The molecule has 0 saturated heterocycles. The van der Waals surface area contributed by atoms with Crippen molar-refractivity contribution in [2.24, 2.45) is 0 Å². The zero-order valence-corrected chi connectivity index (χ0v) is 14.2. The summed E-state index contributed by atoms with van der Waals surface area (Å²) >= 11 is 6.76. The first-order valence-electron chi connectivity index (χ1n) is 6.69. The highest BCUT2D eigenvalue weighted by Crippen LogP contribution is 2.37. The van der Waals surface area contributed by atoms with Crippen LogP contribution in [0.15, 0.2) is 30.3 Å². The molecule has 132 valence electrons. The van der Waals surface area contributed by atoms with Gasteiger partial charge >= 0.3 is 12.6 Å². The molecular weight excluding hydrogens is 378 g/mol. The molecule has 5 nitrogen and oxygen atoms in total. The third kappa shape index (κ3) is 4.77. The Balaban J connectivity index is 2.23. The molecule has 1 N–H and O–H groups in total. The zero-order chi connectivity index (χ0) is 18.6. The number of halogens is 3. The van der Waals surface area contributed by atoms with Crippen molar-refractivity contribution in [3.63, 3.8) is 0 Å². The number of thiophene rings is 1. The van der Waals surface area contributed by atoms with E-state index >= 15 is 0 Å². The Labute approximate surface area is 150 Å². The number of aromatic carboxylic acids is 1. The number of hydrogen-bond acceptors (Lipinski definition) is 5. The van der Waals surface area contributed by atoms with Gasteiger partial charge in [-0.25, -0.2) is 4.79 Å². The van der Waals surface area contributed by atoms with E-state index in [-0.39, 0.29) is 26.3 Å². The van der Waals surface area contributed by atoms with Crippen LogP contribution in [0, 0.1) is 0 Å². The first-order chi connectivity index (χ1) is 11.8. The molecule has 0 atom stereocenters. The summed E-state index contributed by atoms with van der Waals surface area (Å²) in [5.41, 5.74) is 0.423. The van der Waals surface area contributed by atoms with Gasteiger partial charge in [-0.15, -0.1) is 11.3 Å². The molecule has 1 heterocycles. The molecule has 0 saturated carbocycles. The average molecular weight is 389 g/mol. The second kappa shape index (κ2) is 8.09. The third-order valence-corrected chi connectivity index (χ3v) is 4.31. The Morgan fingerprint density at radius 1 is 1.28 bits per heavy atom. The largest absolute Gasteiger partial charge is 0.493 e. The van der Waals surface area contributed by atoms with Crippen LogP contribution in [0.2, 0.25) is 5.02 Å². The molecule has 0 aliphatic rings. The lowest BCUT2D eigenvalue weighted by atomic mass is 10.1. The molecule has 0 aliphatic carbocycles. The predicted octanol–water partition coefficient (Wildman–Crippen LogP) is 4.61. The van der Waals surface area contributed by atoms with E-state index in [0.717, 1.165) is 11.3 Å². The van der Waals surface area contributed by atoms with Crippen molar-refractivity contribution in [3.05, 3.63) is 50.7 Å². The van der Waals surface area contributed by atoms with Crippen LogP contribution in [0.1, 0.15) is 24.9 Å². The van der Waals surface area contributed by atoms with E-state index in [4.69, 9.17) is 21.4 Å². The standard InChI is InChI=1S/C16H11ClF2O5S/c1-23-11-7-8(6-9(17)14(11)24-16(18)19)2-3-10(20)12-4-5-13(25-12)15(21)22/h2-7,16H,1H3,(H,21,22)/b3-2+. The molecule has 1 aromatic heterocycles. The molecular formula is C16H11ClF2O5S. The molecule has 0 bridgehead atoms. The zero-order valence-electron chi connectivity index (χ0n) is 12.7. The van der Waals surface area contributed by atoms with Crippen LogP contribution < -0.4 is 9.47 Å². The molecule has 0 amide bonds.